The molecule has 1 aliphatic rings. The first kappa shape index (κ1) is 16.8. The van der Waals surface area contributed by atoms with Crippen molar-refractivity contribution < 1.29 is 9.47 Å². The highest BCUT2D eigenvalue weighted by Gasteiger charge is 2.22. The number of hydrogen-bond acceptors (Lipinski definition) is 5. The Balaban J connectivity index is 2.16. The number of rotatable bonds is 6. The van der Waals surface area contributed by atoms with Crippen molar-refractivity contribution in [3.05, 3.63) is 22.8 Å². The minimum absolute atomic E-state index is 0.661. The number of methoxy groups -OCH3 is 2. The number of nitrogen functional groups attached to an aromatic ring is 1. The molecule has 22 heavy (non-hydrogen) atoms. The number of piperidine rings is 1. The molecule has 0 amide bonds. The molecule has 0 aliphatic carbocycles. The molecule has 0 spiro atoms. The van der Waals surface area contributed by atoms with Crippen LogP contribution < -0.4 is 10.5 Å². The third-order valence-electron chi connectivity index (χ3n) is 4.54. The third kappa shape index (κ3) is 3.59. The second kappa shape index (κ2) is 7.61. The van der Waals surface area contributed by atoms with Crippen LogP contribution in [0.3, 0.4) is 0 Å². The summed E-state index contributed by atoms with van der Waals surface area (Å²) in [6.45, 7) is 5.66. The summed E-state index contributed by atoms with van der Waals surface area (Å²) >= 11 is 0. The minimum Gasteiger partial charge on any atom is -0.496 e. The van der Waals surface area contributed by atoms with E-state index >= 15 is 0 Å². The number of benzene rings is 1. The van der Waals surface area contributed by atoms with E-state index in [4.69, 9.17) is 20.6 Å². The van der Waals surface area contributed by atoms with Crippen LogP contribution in [0.1, 0.15) is 29.5 Å². The zero-order valence-corrected chi connectivity index (χ0v) is 13.8. The molecule has 5 heteroatoms. The van der Waals surface area contributed by atoms with Crippen molar-refractivity contribution in [1.29, 1.82) is 5.41 Å². The van der Waals surface area contributed by atoms with Gasteiger partial charge in [0.15, 0.2) is 0 Å². The first-order valence-electron chi connectivity index (χ1n) is 7.78. The maximum atomic E-state index is 7.70. The maximum Gasteiger partial charge on any atom is 0.124 e. The molecule has 1 heterocycles. The van der Waals surface area contributed by atoms with Gasteiger partial charge in [-0.2, -0.15) is 0 Å². The van der Waals surface area contributed by atoms with Crippen LogP contribution in [-0.2, 0) is 11.3 Å². The number of hydrogen-bond donors (Lipinski definition) is 2. The van der Waals surface area contributed by atoms with E-state index < -0.39 is 0 Å². The zero-order valence-electron chi connectivity index (χ0n) is 13.8. The molecule has 5 nitrogen and oxygen atoms in total. The lowest BCUT2D eigenvalue weighted by atomic mass is 9.96. The molecule has 2 rings (SSSR count). The van der Waals surface area contributed by atoms with Crippen LogP contribution in [0.2, 0.25) is 0 Å². The Kier molecular flexibility index (Phi) is 5.80. The maximum absolute atomic E-state index is 7.70. The van der Waals surface area contributed by atoms with Gasteiger partial charge < -0.3 is 20.6 Å². The lowest BCUT2D eigenvalue weighted by Crippen LogP contribution is -2.35. The van der Waals surface area contributed by atoms with E-state index in [9.17, 15) is 0 Å². The average molecular weight is 305 g/mol. The van der Waals surface area contributed by atoms with Gasteiger partial charge in [-0.3, -0.25) is 4.90 Å². The predicted octanol–water partition coefficient (Wildman–Crippen LogP) is 2.44. The first-order chi connectivity index (χ1) is 10.6. The zero-order chi connectivity index (χ0) is 16.1. The number of nitrogens with one attached hydrogen (secondary N) is 1. The van der Waals surface area contributed by atoms with Gasteiger partial charge in [0.2, 0.25) is 0 Å². The Morgan fingerprint density at radius 1 is 1.36 bits per heavy atom. The highest BCUT2D eigenvalue weighted by molar-refractivity contribution is 5.89. The highest BCUT2D eigenvalue weighted by Crippen LogP contribution is 2.31. The van der Waals surface area contributed by atoms with Gasteiger partial charge >= 0.3 is 0 Å². The lowest BCUT2D eigenvalue weighted by molar-refractivity contribution is 0.0965. The van der Waals surface area contributed by atoms with Crippen LogP contribution >= 0.6 is 0 Å². The Labute approximate surface area is 132 Å². The first-order valence-corrected chi connectivity index (χ1v) is 7.78. The Morgan fingerprint density at radius 2 is 2.05 bits per heavy atom. The third-order valence-corrected chi connectivity index (χ3v) is 4.54. The Morgan fingerprint density at radius 3 is 2.59 bits per heavy atom. The topological polar surface area (TPSA) is 71.6 Å². The highest BCUT2D eigenvalue weighted by atomic mass is 16.5. The molecular weight excluding hydrogens is 278 g/mol. The molecule has 122 valence electrons. The van der Waals surface area contributed by atoms with Gasteiger partial charge in [-0.25, -0.2) is 0 Å². The van der Waals surface area contributed by atoms with E-state index in [1.165, 1.54) is 6.21 Å². The fourth-order valence-corrected chi connectivity index (χ4v) is 3.15. The van der Waals surface area contributed by atoms with Crippen LogP contribution in [0.5, 0.6) is 5.75 Å². The number of nitrogens with two attached hydrogens (primary N) is 1. The number of likely N-dealkylation sites (tertiary alicyclic amines) is 1. The Bertz CT molecular complexity index is 523. The van der Waals surface area contributed by atoms with Crippen molar-refractivity contribution in [2.24, 2.45) is 5.92 Å². The van der Waals surface area contributed by atoms with Crippen molar-refractivity contribution in [1.82, 2.24) is 4.90 Å². The summed E-state index contributed by atoms with van der Waals surface area (Å²) in [7, 11) is 3.44. The molecule has 1 aromatic carbocycles. The normalized spacial score (nSPS) is 16.7. The largest absolute Gasteiger partial charge is 0.496 e. The fraction of sp³-hybridized carbons (Fsp3) is 0.588. The van der Waals surface area contributed by atoms with Crippen molar-refractivity contribution in [3.8, 4) is 5.75 Å². The van der Waals surface area contributed by atoms with Gasteiger partial charge in [-0.05, 0) is 50.4 Å². The van der Waals surface area contributed by atoms with Gasteiger partial charge in [-0.15, -0.1) is 0 Å². The molecule has 0 radical (unpaired) electrons. The monoisotopic (exact) mass is 305 g/mol. The summed E-state index contributed by atoms with van der Waals surface area (Å²) in [6, 6.07) is 1.97. The van der Waals surface area contributed by atoms with E-state index in [1.807, 2.05) is 13.0 Å². The molecule has 1 aliphatic heterocycles. The van der Waals surface area contributed by atoms with E-state index in [0.717, 1.165) is 61.5 Å². The van der Waals surface area contributed by atoms with Gasteiger partial charge in [0, 0.05) is 43.3 Å². The van der Waals surface area contributed by atoms with E-state index in [-0.39, 0.29) is 0 Å². The van der Waals surface area contributed by atoms with Gasteiger partial charge in [0.1, 0.15) is 5.75 Å². The van der Waals surface area contributed by atoms with Gasteiger partial charge in [0.25, 0.3) is 0 Å². The molecule has 0 saturated carbocycles. The van der Waals surface area contributed by atoms with E-state index in [2.05, 4.69) is 4.90 Å². The van der Waals surface area contributed by atoms with Crippen LogP contribution in [0.25, 0.3) is 0 Å². The lowest BCUT2D eigenvalue weighted by Gasteiger charge is -2.32. The van der Waals surface area contributed by atoms with Crippen LogP contribution in [0, 0.1) is 18.3 Å². The fourth-order valence-electron chi connectivity index (χ4n) is 3.15. The van der Waals surface area contributed by atoms with Gasteiger partial charge in [-0.1, -0.05) is 0 Å². The molecule has 0 unspecified atom stereocenters. The molecular formula is C17H27N3O2. The minimum atomic E-state index is 0.661. The van der Waals surface area contributed by atoms with Gasteiger partial charge in [0.05, 0.1) is 7.11 Å². The second-order valence-corrected chi connectivity index (χ2v) is 6.02. The Hall–Kier alpha value is -1.59. The van der Waals surface area contributed by atoms with Crippen LogP contribution in [0.15, 0.2) is 6.07 Å². The smallest absolute Gasteiger partial charge is 0.124 e. The quantitative estimate of drug-likeness (QED) is 0.625. The number of nitrogens with zero attached hydrogens (tertiary/aromatic N) is 1. The number of aryl methyl sites for hydroxylation is 1. The van der Waals surface area contributed by atoms with Crippen LogP contribution in [-0.4, -0.2) is 45.0 Å². The second-order valence-electron chi connectivity index (χ2n) is 6.02. The van der Waals surface area contributed by atoms with Crippen molar-refractivity contribution in [2.45, 2.75) is 26.3 Å². The number of ether oxygens (including phenoxy) is 2. The van der Waals surface area contributed by atoms with Crippen molar-refractivity contribution in [2.75, 3.05) is 39.6 Å². The molecule has 1 aromatic rings. The molecule has 0 atom stereocenters. The summed E-state index contributed by atoms with van der Waals surface area (Å²) in [6.07, 6.45) is 3.65. The predicted molar refractivity (Wildman–Crippen MR) is 89.9 cm³/mol. The molecule has 0 bridgehead atoms. The van der Waals surface area contributed by atoms with Crippen molar-refractivity contribution in [3.63, 3.8) is 0 Å². The average Bonchev–Trinajstić information content (AvgIpc) is 2.53. The summed E-state index contributed by atoms with van der Waals surface area (Å²) in [4.78, 5) is 2.41. The SMILES string of the molecule is COCC1CCN(Cc2c(OC)cc(C)c(N)c2C=N)CC1. The summed E-state index contributed by atoms with van der Waals surface area (Å²) in [5.41, 5.74) is 9.59. The summed E-state index contributed by atoms with van der Waals surface area (Å²) in [5, 5.41) is 7.70. The van der Waals surface area contributed by atoms with E-state index in [0.29, 0.717) is 11.6 Å². The standard InChI is InChI=1S/C17H27N3O2/c1-12-8-16(22-3)15(14(9-18)17(12)19)10-20-6-4-13(5-7-20)11-21-2/h8-9,13,18H,4-7,10-11,19H2,1-3H3. The van der Waals surface area contributed by atoms with E-state index in [1.54, 1.807) is 14.2 Å². The molecule has 1 fully saturated rings. The van der Waals surface area contributed by atoms with Crippen molar-refractivity contribution >= 4 is 11.9 Å². The molecule has 0 aromatic heterocycles. The summed E-state index contributed by atoms with van der Waals surface area (Å²) < 4.78 is 10.8. The molecule has 1 saturated heterocycles. The number of anilines is 1. The van der Waals surface area contributed by atoms with Crippen LogP contribution in [0.4, 0.5) is 5.69 Å². The summed E-state index contributed by atoms with van der Waals surface area (Å²) in [5.74, 6) is 1.48. The molecule has 3 N–H and O–H groups in total.